The second kappa shape index (κ2) is 7.42. The molecule has 25 heavy (non-hydrogen) atoms. The quantitative estimate of drug-likeness (QED) is 0.816. The lowest BCUT2D eigenvalue weighted by Gasteiger charge is -2.35. The number of ether oxygens (including phenoxy) is 1. The molecule has 8 heteroatoms. The Morgan fingerprint density at radius 1 is 1.16 bits per heavy atom. The van der Waals surface area contributed by atoms with E-state index in [9.17, 15) is 13.2 Å². The fraction of sp³-hybridized carbons (Fsp3) is 0.529. The van der Waals surface area contributed by atoms with Crippen molar-refractivity contribution in [2.75, 3.05) is 26.2 Å². The molecular formula is C17H23N3O4S. The molecule has 0 radical (unpaired) electrons. The number of piperazine rings is 1. The molecule has 0 unspecified atom stereocenters. The van der Waals surface area contributed by atoms with E-state index in [0.29, 0.717) is 24.2 Å². The summed E-state index contributed by atoms with van der Waals surface area (Å²) in [6.45, 7) is 6.49. The third-order valence-electron chi connectivity index (χ3n) is 3.72. The Balaban J connectivity index is 1.94. The van der Waals surface area contributed by atoms with E-state index in [4.69, 9.17) is 10.00 Å². The summed E-state index contributed by atoms with van der Waals surface area (Å²) in [7, 11) is -3.47. The lowest BCUT2D eigenvalue weighted by Crippen LogP contribution is -2.51. The van der Waals surface area contributed by atoms with Gasteiger partial charge in [0.2, 0.25) is 10.0 Å². The molecule has 0 N–H and O–H groups in total. The van der Waals surface area contributed by atoms with Gasteiger partial charge in [-0.15, -0.1) is 0 Å². The molecule has 0 atom stereocenters. The zero-order chi connectivity index (χ0) is 18.7. The van der Waals surface area contributed by atoms with Crippen molar-refractivity contribution in [3.05, 3.63) is 35.4 Å². The predicted molar refractivity (Wildman–Crippen MR) is 93.2 cm³/mol. The van der Waals surface area contributed by atoms with Gasteiger partial charge in [-0.05, 0) is 38.5 Å². The Morgan fingerprint density at radius 3 is 2.20 bits per heavy atom. The molecule has 1 fully saturated rings. The molecule has 0 saturated carbocycles. The van der Waals surface area contributed by atoms with Crippen molar-refractivity contribution >= 4 is 16.1 Å². The molecular weight excluding hydrogens is 342 g/mol. The summed E-state index contributed by atoms with van der Waals surface area (Å²) in [6.07, 6.45) is -0.420. The third-order valence-corrected chi connectivity index (χ3v) is 5.57. The van der Waals surface area contributed by atoms with Crippen LogP contribution >= 0.6 is 0 Å². The number of hydrogen-bond acceptors (Lipinski definition) is 5. The van der Waals surface area contributed by atoms with Gasteiger partial charge in [0.25, 0.3) is 0 Å². The summed E-state index contributed by atoms with van der Waals surface area (Å²) in [6, 6.07) is 8.50. The van der Waals surface area contributed by atoms with Crippen LogP contribution in [0.5, 0.6) is 0 Å². The predicted octanol–water partition coefficient (Wildman–Crippen LogP) is 1.94. The summed E-state index contributed by atoms with van der Waals surface area (Å²) < 4.78 is 31.8. The van der Waals surface area contributed by atoms with Crippen molar-refractivity contribution in [2.45, 2.75) is 32.1 Å². The minimum Gasteiger partial charge on any atom is -0.444 e. The van der Waals surface area contributed by atoms with E-state index in [1.807, 2.05) is 6.07 Å². The Hall–Kier alpha value is -2.11. The summed E-state index contributed by atoms with van der Waals surface area (Å²) in [5.74, 6) is -0.120. The van der Waals surface area contributed by atoms with Crippen LogP contribution in [-0.4, -0.2) is 55.5 Å². The molecule has 1 saturated heterocycles. The smallest absolute Gasteiger partial charge is 0.410 e. The molecule has 1 aliphatic heterocycles. The van der Waals surface area contributed by atoms with Gasteiger partial charge in [0.1, 0.15) is 5.60 Å². The maximum Gasteiger partial charge on any atom is 0.410 e. The Morgan fingerprint density at radius 2 is 1.72 bits per heavy atom. The molecule has 0 bridgehead atoms. The largest absolute Gasteiger partial charge is 0.444 e. The molecule has 1 amide bonds. The molecule has 2 rings (SSSR count). The summed E-state index contributed by atoms with van der Waals surface area (Å²) in [4.78, 5) is 13.6. The molecule has 1 aliphatic rings. The van der Waals surface area contributed by atoms with E-state index in [1.165, 1.54) is 9.21 Å². The first-order valence-corrected chi connectivity index (χ1v) is 9.66. The number of carbonyl (C=O) groups is 1. The minimum atomic E-state index is -3.47. The van der Waals surface area contributed by atoms with Gasteiger partial charge < -0.3 is 9.64 Å². The molecule has 0 aromatic heterocycles. The highest BCUT2D eigenvalue weighted by Crippen LogP contribution is 2.16. The van der Waals surface area contributed by atoms with Crippen molar-refractivity contribution in [1.29, 1.82) is 5.26 Å². The second-order valence-corrected chi connectivity index (χ2v) is 8.90. The topological polar surface area (TPSA) is 90.7 Å². The van der Waals surface area contributed by atoms with Gasteiger partial charge in [-0.1, -0.05) is 12.1 Å². The lowest BCUT2D eigenvalue weighted by atomic mass is 10.2. The van der Waals surface area contributed by atoms with Crippen LogP contribution in [0, 0.1) is 11.3 Å². The van der Waals surface area contributed by atoms with Crippen molar-refractivity contribution < 1.29 is 17.9 Å². The van der Waals surface area contributed by atoms with Gasteiger partial charge >= 0.3 is 6.09 Å². The number of benzene rings is 1. The van der Waals surface area contributed by atoms with Crippen LogP contribution in [0.1, 0.15) is 31.9 Å². The highest BCUT2D eigenvalue weighted by Gasteiger charge is 2.30. The highest BCUT2D eigenvalue weighted by atomic mass is 32.2. The number of hydrogen-bond donors (Lipinski definition) is 0. The van der Waals surface area contributed by atoms with Gasteiger partial charge in [0, 0.05) is 26.2 Å². The highest BCUT2D eigenvalue weighted by molar-refractivity contribution is 7.88. The zero-order valence-electron chi connectivity index (χ0n) is 14.7. The van der Waals surface area contributed by atoms with E-state index in [-0.39, 0.29) is 18.8 Å². The SMILES string of the molecule is CC(C)(C)OC(=O)N1CCN(S(=O)(=O)Cc2ccc(C#N)cc2)CC1. The second-order valence-electron chi connectivity index (χ2n) is 6.93. The first-order valence-electron chi connectivity index (χ1n) is 8.05. The third kappa shape index (κ3) is 5.44. The van der Waals surface area contributed by atoms with Gasteiger partial charge in [-0.2, -0.15) is 9.57 Å². The first-order chi connectivity index (χ1) is 11.6. The number of amides is 1. The van der Waals surface area contributed by atoms with Crippen LogP contribution in [0.3, 0.4) is 0 Å². The van der Waals surface area contributed by atoms with Crippen molar-refractivity contribution in [1.82, 2.24) is 9.21 Å². The van der Waals surface area contributed by atoms with E-state index in [0.717, 1.165) is 0 Å². The van der Waals surface area contributed by atoms with Crippen LogP contribution in [0.4, 0.5) is 4.79 Å². The zero-order valence-corrected chi connectivity index (χ0v) is 15.5. The van der Waals surface area contributed by atoms with Gasteiger partial charge in [0.05, 0.1) is 17.4 Å². The maximum absolute atomic E-state index is 12.5. The number of rotatable bonds is 3. The standard InChI is InChI=1S/C17H23N3O4S/c1-17(2,3)24-16(21)19-8-10-20(11-9-19)25(22,23)13-15-6-4-14(12-18)5-7-15/h4-7H,8-11,13H2,1-3H3. The molecule has 7 nitrogen and oxygen atoms in total. The normalized spacial score (nSPS) is 16.3. The summed E-state index contributed by atoms with van der Waals surface area (Å²) >= 11 is 0. The van der Waals surface area contributed by atoms with Crippen LogP contribution in [0.15, 0.2) is 24.3 Å². The fourth-order valence-corrected chi connectivity index (χ4v) is 3.97. The average molecular weight is 365 g/mol. The first kappa shape index (κ1) is 19.2. The Labute approximate surface area is 148 Å². The number of nitrogens with zero attached hydrogens (tertiary/aromatic N) is 3. The monoisotopic (exact) mass is 365 g/mol. The van der Waals surface area contributed by atoms with Crippen LogP contribution in [0.25, 0.3) is 0 Å². The number of sulfonamides is 1. The fourth-order valence-electron chi connectivity index (χ4n) is 2.45. The van der Waals surface area contributed by atoms with Gasteiger partial charge in [0.15, 0.2) is 0 Å². The molecule has 0 aliphatic carbocycles. The van der Waals surface area contributed by atoms with E-state index in [2.05, 4.69) is 0 Å². The van der Waals surface area contributed by atoms with Crippen LogP contribution in [-0.2, 0) is 20.5 Å². The molecule has 1 aromatic rings. The van der Waals surface area contributed by atoms with Crippen molar-refractivity contribution in [3.63, 3.8) is 0 Å². The van der Waals surface area contributed by atoms with Crippen molar-refractivity contribution in [2.24, 2.45) is 0 Å². The van der Waals surface area contributed by atoms with Gasteiger partial charge in [-0.25, -0.2) is 13.2 Å². The lowest BCUT2D eigenvalue weighted by molar-refractivity contribution is 0.0192. The van der Waals surface area contributed by atoms with Gasteiger partial charge in [-0.3, -0.25) is 0 Å². The maximum atomic E-state index is 12.5. The van der Waals surface area contributed by atoms with Crippen molar-refractivity contribution in [3.8, 4) is 6.07 Å². The van der Waals surface area contributed by atoms with E-state index >= 15 is 0 Å². The molecule has 136 valence electrons. The number of nitriles is 1. The van der Waals surface area contributed by atoms with E-state index in [1.54, 1.807) is 45.0 Å². The summed E-state index contributed by atoms with van der Waals surface area (Å²) in [5.41, 5.74) is 0.552. The van der Waals surface area contributed by atoms with E-state index < -0.39 is 21.7 Å². The average Bonchev–Trinajstić information content (AvgIpc) is 2.54. The Kier molecular flexibility index (Phi) is 5.70. The number of carbonyl (C=O) groups excluding carboxylic acids is 1. The molecule has 0 spiro atoms. The van der Waals surface area contributed by atoms with Crippen LogP contribution in [0.2, 0.25) is 0 Å². The minimum absolute atomic E-state index is 0.120. The molecule has 1 aromatic carbocycles. The van der Waals surface area contributed by atoms with Crippen LogP contribution < -0.4 is 0 Å². The summed E-state index contributed by atoms with van der Waals surface area (Å²) in [5, 5.41) is 8.79. The Bertz CT molecular complexity index is 753. The molecule has 1 heterocycles.